The molecule has 0 amide bonds. The lowest BCUT2D eigenvalue weighted by molar-refractivity contribution is -0.0836. The van der Waals surface area contributed by atoms with Crippen molar-refractivity contribution in [2.45, 2.75) is 18.8 Å². The van der Waals surface area contributed by atoms with Crippen molar-refractivity contribution < 1.29 is 8.78 Å². The van der Waals surface area contributed by atoms with Gasteiger partial charge in [-0.3, -0.25) is 0 Å². The number of nitrogens with two attached hydrogens (primary N) is 1. The van der Waals surface area contributed by atoms with Crippen molar-refractivity contribution >= 4 is 5.69 Å². The van der Waals surface area contributed by atoms with E-state index >= 15 is 0 Å². The van der Waals surface area contributed by atoms with Crippen LogP contribution in [0.1, 0.15) is 18.4 Å². The third kappa shape index (κ3) is 2.57. The number of likely N-dealkylation sites (tertiary alicyclic amines) is 1. The molecule has 1 aliphatic rings. The zero-order valence-electron chi connectivity index (χ0n) is 10.00. The molecule has 1 aliphatic heterocycles. The van der Waals surface area contributed by atoms with Crippen LogP contribution in [0.25, 0.3) is 0 Å². The van der Waals surface area contributed by atoms with E-state index in [2.05, 4.69) is 4.90 Å². The van der Waals surface area contributed by atoms with Crippen LogP contribution in [0.15, 0.2) is 24.3 Å². The molecule has 1 fully saturated rings. The SMILES string of the molecule is CN1CCC(C(F)(F)c2ccc(N)cc2)CC1. The average Bonchev–Trinajstić information content (AvgIpc) is 2.30. The summed E-state index contributed by atoms with van der Waals surface area (Å²) in [6, 6.07) is 5.96. The van der Waals surface area contributed by atoms with Gasteiger partial charge in [0.05, 0.1) is 0 Å². The van der Waals surface area contributed by atoms with Crippen LogP contribution in [0.3, 0.4) is 0 Å². The predicted octanol–water partition coefficient (Wildman–Crippen LogP) is 2.70. The molecule has 0 saturated carbocycles. The Bertz CT molecular complexity index is 368. The number of nitrogens with zero attached hydrogens (tertiary/aromatic N) is 1. The molecule has 0 radical (unpaired) electrons. The van der Waals surface area contributed by atoms with E-state index in [1.54, 1.807) is 0 Å². The van der Waals surface area contributed by atoms with Crippen molar-refractivity contribution in [1.29, 1.82) is 0 Å². The average molecular weight is 240 g/mol. The number of alkyl halides is 2. The van der Waals surface area contributed by atoms with Crippen molar-refractivity contribution in [3.8, 4) is 0 Å². The monoisotopic (exact) mass is 240 g/mol. The summed E-state index contributed by atoms with van der Waals surface area (Å²) in [7, 11) is 1.97. The molecule has 1 aromatic rings. The number of benzene rings is 1. The van der Waals surface area contributed by atoms with E-state index in [1.807, 2.05) is 7.05 Å². The topological polar surface area (TPSA) is 29.3 Å². The lowest BCUT2D eigenvalue weighted by atomic mass is 9.86. The minimum absolute atomic E-state index is 0.0845. The van der Waals surface area contributed by atoms with Crippen molar-refractivity contribution in [3.63, 3.8) is 0 Å². The van der Waals surface area contributed by atoms with E-state index in [4.69, 9.17) is 5.73 Å². The minimum Gasteiger partial charge on any atom is -0.399 e. The summed E-state index contributed by atoms with van der Waals surface area (Å²) in [5.41, 5.74) is 6.12. The van der Waals surface area contributed by atoms with Crippen LogP contribution in [0, 0.1) is 5.92 Å². The summed E-state index contributed by atoms with van der Waals surface area (Å²) in [5.74, 6) is -3.29. The first-order valence-electron chi connectivity index (χ1n) is 5.92. The van der Waals surface area contributed by atoms with Gasteiger partial charge in [0.2, 0.25) is 0 Å². The van der Waals surface area contributed by atoms with Gasteiger partial charge in [-0.2, -0.15) is 0 Å². The molecule has 2 N–H and O–H groups in total. The van der Waals surface area contributed by atoms with E-state index in [1.165, 1.54) is 24.3 Å². The van der Waals surface area contributed by atoms with Gasteiger partial charge in [-0.25, -0.2) is 8.78 Å². The zero-order valence-corrected chi connectivity index (χ0v) is 10.00. The molecule has 2 rings (SSSR count). The number of hydrogen-bond acceptors (Lipinski definition) is 2. The normalized spacial score (nSPS) is 19.5. The second kappa shape index (κ2) is 4.61. The van der Waals surface area contributed by atoms with Gasteiger partial charge >= 0.3 is 0 Å². The van der Waals surface area contributed by atoms with Gasteiger partial charge < -0.3 is 10.6 Å². The standard InChI is InChI=1S/C13H18F2N2/c1-17-8-6-11(7-9-17)13(14,15)10-2-4-12(16)5-3-10/h2-5,11H,6-9,16H2,1H3. The van der Waals surface area contributed by atoms with Crippen LogP contribution < -0.4 is 5.73 Å². The van der Waals surface area contributed by atoms with Gasteiger partial charge in [0.1, 0.15) is 0 Å². The highest BCUT2D eigenvalue weighted by Crippen LogP contribution is 2.41. The first-order chi connectivity index (χ1) is 8.00. The van der Waals surface area contributed by atoms with Gasteiger partial charge in [0.15, 0.2) is 0 Å². The zero-order chi connectivity index (χ0) is 12.5. The lowest BCUT2D eigenvalue weighted by Gasteiger charge is -2.34. The van der Waals surface area contributed by atoms with Crippen LogP contribution in [0.4, 0.5) is 14.5 Å². The maximum absolute atomic E-state index is 14.2. The molecule has 1 saturated heterocycles. The van der Waals surface area contributed by atoms with Crippen LogP contribution in [-0.4, -0.2) is 25.0 Å². The number of halogens is 2. The first-order valence-corrected chi connectivity index (χ1v) is 5.92. The van der Waals surface area contributed by atoms with Crippen LogP contribution in [0.5, 0.6) is 0 Å². The van der Waals surface area contributed by atoms with E-state index in [0.717, 1.165) is 13.1 Å². The number of anilines is 1. The maximum atomic E-state index is 14.2. The lowest BCUT2D eigenvalue weighted by Crippen LogP contribution is -2.37. The summed E-state index contributed by atoms with van der Waals surface area (Å²) in [4.78, 5) is 2.09. The Labute approximate surface area is 100 Å². The molecular weight excluding hydrogens is 222 g/mol. The molecular formula is C13H18F2N2. The van der Waals surface area contributed by atoms with Crippen LogP contribution in [0.2, 0.25) is 0 Å². The number of hydrogen-bond donors (Lipinski definition) is 1. The Morgan fingerprint density at radius 3 is 2.24 bits per heavy atom. The fraction of sp³-hybridized carbons (Fsp3) is 0.538. The third-order valence-electron chi connectivity index (χ3n) is 3.53. The van der Waals surface area contributed by atoms with Gasteiger partial charge in [-0.1, -0.05) is 12.1 Å². The molecule has 17 heavy (non-hydrogen) atoms. The molecule has 1 heterocycles. The quantitative estimate of drug-likeness (QED) is 0.805. The number of rotatable bonds is 2. The van der Waals surface area contributed by atoms with Crippen molar-refractivity contribution in [1.82, 2.24) is 4.90 Å². The van der Waals surface area contributed by atoms with Crippen molar-refractivity contribution in [2.24, 2.45) is 5.92 Å². The van der Waals surface area contributed by atoms with Gasteiger partial charge in [-0.15, -0.1) is 0 Å². The number of piperidine rings is 1. The van der Waals surface area contributed by atoms with Crippen molar-refractivity contribution in [2.75, 3.05) is 25.9 Å². The second-order valence-corrected chi connectivity index (χ2v) is 4.82. The molecule has 0 aromatic heterocycles. The van der Waals surface area contributed by atoms with E-state index in [0.29, 0.717) is 18.5 Å². The first kappa shape index (κ1) is 12.3. The Morgan fingerprint density at radius 1 is 1.18 bits per heavy atom. The fourth-order valence-corrected chi connectivity index (χ4v) is 2.31. The highest BCUT2D eigenvalue weighted by Gasteiger charge is 2.42. The van der Waals surface area contributed by atoms with E-state index < -0.39 is 11.8 Å². The Morgan fingerprint density at radius 2 is 1.71 bits per heavy atom. The summed E-state index contributed by atoms with van der Waals surface area (Å²) in [6.07, 6.45) is 1.10. The predicted molar refractivity (Wildman–Crippen MR) is 65.0 cm³/mol. The Balaban J connectivity index is 2.15. The molecule has 0 bridgehead atoms. The third-order valence-corrected chi connectivity index (χ3v) is 3.53. The maximum Gasteiger partial charge on any atom is 0.276 e. The van der Waals surface area contributed by atoms with Gasteiger partial charge in [0.25, 0.3) is 5.92 Å². The molecule has 0 atom stereocenters. The highest BCUT2D eigenvalue weighted by atomic mass is 19.3. The largest absolute Gasteiger partial charge is 0.399 e. The van der Waals surface area contributed by atoms with Gasteiger partial charge in [0, 0.05) is 17.2 Å². The minimum atomic E-state index is -2.74. The molecule has 0 aliphatic carbocycles. The fourth-order valence-electron chi connectivity index (χ4n) is 2.31. The smallest absolute Gasteiger partial charge is 0.276 e. The van der Waals surface area contributed by atoms with E-state index in [-0.39, 0.29) is 5.56 Å². The number of nitrogen functional groups attached to an aromatic ring is 1. The molecule has 94 valence electrons. The van der Waals surface area contributed by atoms with Gasteiger partial charge in [-0.05, 0) is 45.1 Å². The van der Waals surface area contributed by atoms with Crippen molar-refractivity contribution in [3.05, 3.63) is 29.8 Å². The molecule has 0 spiro atoms. The molecule has 1 aromatic carbocycles. The molecule has 2 nitrogen and oxygen atoms in total. The summed E-state index contributed by atoms with van der Waals surface area (Å²) < 4.78 is 28.5. The van der Waals surface area contributed by atoms with Crippen LogP contribution in [-0.2, 0) is 5.92 Å². The second-order valence-electron chi connectivity index (χ2n) is 4.82. The summed E-state index contributed by atoms with van der Waals surface area (Å²) in [5, 5.41) is 0. The van der Waals surface area contributed by atoms with Crippen LogP contribution >= 0.6 is 0 Å². The summed E-state index contributed by atoms with van der Waals surface area (Å²) >= 11 is 0. The summed E-state index contributed by atoms with van der Waals surface area (Å²) in [6.45, 7) is 1.49. The Hall–Kier alpha value is -1.16. The Kier molecular flexibility index (Phi) is 3.33. The molecule has 0 unspecified atom stereocenters. The highest BCUT2D eigenvalue weighted by molar-refractivity contribution is 5.40. The van der Waals surface area contributed by atoms with E-state index in [9.17, 15) is 8.78 Å². The molecule has 4 heteroatoms.